The molecule has 2 unspecified atom stereocenters. The zero-order valence-corrected chi connectivity index (χ0v) is 13.9. The van der Waals surface area contributed by atoms with Crippen LogP contribution in [-0.4, -0.2) is 23.5 Å². The first-order chi connectivity index (χ1) is 9.49. The van der Waals surface area contributed by atoms with E-state index in [1.165, 1.54) is 0 Å². The molecule has 1 saturated carbocycles. The highest BCUT2D eigenvalue weighted by Crippen LogP contribution is 2.31. The standard InChI is InChI=1S/C14H15Br2NO3/c15-9-4-5-11(12(16)6-9)13(18)17-7-8-2-1-3-10(8)14(19)20/h4-6,8,10H,1-3,7H2,(H,17,18)(H,19,20). The van der Waals surface area contributed by atoms with Crippen molar-refractivity contribution in [1.29, 1.82) is 0 Å². The Hall–Kier alpha value is -0.880. The molecule has 0 spiro atoms. The van der Waals surface area contributed by atoms with Crippen molar-refractivity contribution in [3.05, 3.63) is 32.7 Å². The molecule has 1 fully saturated rings. The van der Waals surface area contributed by atoms with Crippen molar-refractivity contribution in [2.75, 3.05) is 6.54 Å². The molecule has 1 aliphatic rings. The maximum Gasteiger partial charge on any atom is 0.306 e. The van der Waals surface area contributed by atoms with Crippen LogP contribution in [-0.2, 0) is 4.79 Å². The highest BCUT2D eigenvalue weighted by Gasteiger charge is 2.32. The van der Waals surface area contributed by atoms with E-state index in [1.807, 2.05) is 6.07 Å². The molecule has 1 amide bonds. The second kappa shape index (κ2) is 6.72. The van der Waals surface area contributed by atoms with Crippen LogP contribution < -0.4 is 5.32 Å². The Morgan fingerprint density at radius 1 is 1.30 bits per heavy atom. The van der Waals surface area contributed by atoms with Crippen LogP contribution in [0.3, 0.4) is 0 Å². The molecular formula is C14H15Br2NO3. The molecule has 0 aromatic heterocycles. The fourth-order valence-electron chi connectivity index (χ4n) is 2.60. The summed E-state index contributed by atoms with van der Waals surface area (Å²) in [5.41, 5.74) is 0.554. The molecule has 108 valence electrons. The lowest BCUT2D eigenvalue weighted by Crippen LogP contribution is -2.33. The number of hydrogen-bond acceptors (Lipinski definition) is 2. The lowest BCUT2D eigenvalue weighted by atomic mass is 9.96. The van der Waals surface area contributed by atoms with E-state index in [4.69, 9.17) is 5.11 Å². The molecule has 0 saturated heterocycles. The Bertz CT molecular complexity index is 533. The molecule has 1 aromatic carbocycles. The summed E-state index contributed by atoms with van der Waals surface area (Å²) in [6.07, 6.45) is 2.48. The number of halogens is 2. The molecule has 0 bridgehead atoms. The van der Waals surface area contributed by atoms with Crippen molar-refractivity contribution in [3.63, 3.8) is 0 Å². The minimum Gasteiger partial charge on any atom is -0.481 e. The van der Waals surface area contributed by atoms with E-state index in [1.54, 1.807) is 12.1 Å². The Morgan fingerprint density at radius 2 is 2.05 bits per heavy atom. The SMILES string of the molecule is O=C(NCC1CCCC1C(=O)O)c1ccc(Br)cc1Br. The predicted molar refractivity (Wildman–Crippen MR) is 82.6 cm³/mol. The molecular weight excluding hydrogens is 390 g/mol. The molecule has 0 aliphatic heterocycles. The largest absolute Gasteiger partial charge is 0.481 e. The normalized spacial score (nSPS) is 21.7. The van der Waals surface area contributed by atoms with Gasteiger partial charge in [0.05, 0.1) is 11.5 Å². The fraction of sp³-hybridized carbons (Fsp3) is 0.429. The van der Waals surface area contributed by atoms with Gasteiger partial charge in [-0.15, -0.1) is 0 Å². The zero-order chi connectivity index (χ0) is 14.7. The van der Waals surface area contributed by atoms with Crippen LogP contribution >= 0.6 is 31.9 Å². The van der Waals surface area contributed by atoms with Gasteiger partial charge in [0.2, 0.25) is 0 Å². The molecule has 6 heteroatoms. The van der Waals surface area contributed by atoms with Gasteiger partial charge in [-0.1, -0.05) is 22.4 Å². The number of rotatable bonds is 4. The van der Waals surface area contributed by atoms with E-state index in [0.29, 0.717) is 23.0 Å². The summed E-state index contributed by atoms with van der Waals surface area (Å²) in [5, 5.41) is 12.0. The van der Waals surface area contributed by atoms with Crippen molar-refractivity contribution < 1.29 is 14.7 Å². The Morgan fingerprint density at radius 3 is 2.70 bits per heavy atom. The summed E-state index contributed by atoms with van der Waals surface area (Å²) < 4.78 is 1.60. The van der Waals surface area contributed by atoms with Crippen molar-refractivity contribution in [3.8, 4) is 0 Å². The molecule has 20 heavy (non-hydrogen) atoms. The Labute approximate surface area is 134 Å². The number of aliphatic carboxylic acids is 1. The smallest absolute Gasteiger partial charge is 0.306 e. The van der Waals surface area contributed by atoms with Crippen LogP contribution in [0.15, 0.2) is 27.1 Å². The van der Waals surface area contributed by atoms with Crippen LogP contribution in [0.4, 0.5) is 0 Å². The van der Waals surface area contributed by atoms with Gasteiger partial charge >= 0.3 is 5.97 Å². The third-order valence-electron chi connectivity index (χ3n) is 3.68. The van der Waals surface area contributed by atoms with E-state index in [2.05, 4.69) is 37.2 Å². The van der Waals surface area contributed by atoms with Crippen molar-refractivity contribution in [2.45, 2.75) is 19.3 Å². The minimum absolute atomic E-state index is 0.0330. The van der Waals surface area contributed by atoms with Crippen molar-refractivity contribution >= 4 is 43.7 Å². The first kappa shape index (κ1) is 15.5. The summed E-state index contributed by atoms with van der Waals surface area (Å²) >= 11 is 6.69. The monoisotopic (exact) mass is 403 g/mol. The number of amides is 1. The quantitative estimate of drug-likeness (QED) is 0.807. The van der Waals surface area contributed by atoms with Crippen LogP contribution in [0.25, 0.3) is 0 Å². The van der Waals surface area contributed by atoms with E-state index in [9.17, 15) is 9.59 Å². The average molecular weight is 405 g/mol. The topological polar surface area (TPSA) is 66.4 Å². The number of carboxylic acid groups (broad SMARTS) is 1. The summed E-state index contributed by atoms with van der Waals surface area (Å²) in [4.78, 5) is 23.2. The van der Waals surface area contributed by atoms with Crippen molar-refractivity contribution in [1.82, 2.24) is 5.32 Å². The fourth-order valence-corrected chi connectivity index (χ4v) is 3.83. The summed E-state index contributed by atoms with van der Waals surface area (Å²) in [6, 6.07) is 5.34. The third kappa shape index (κ3) is 3.61. The van der Waals surface area contributed by atoms with Crippen LogP contribution in [0.5, 0.6) is 0 Å². The average Bonchev–Trinajstić information content (AvgIpc) is 2.84. The Balaban J connectivity index is 1.97. The van der Waals surface area contributed by atoms with Gasteiger partial charge in [-0.2, -0.15) is 0 Å². The first-order valence-corrected chi connectivity index (χ1v) is 8.03. The van der Waals surface area contributed by atoms with Gasteiger partial charge in [0.25, 0.3) is 5.91 Å². The molecule has 1 aromatic rings. The van der Waals surface area contributed by atoms with Gasteiger partial charge in [0.15, 0.2) is 0 Å². The highest BCUT2D eigenvalue weighted by atomic mass is 79.9. The number of nitrogens with one attached hydrogen (secondary N) is 1. The third-order valence-corrected chi connectivity index (χ3v) is 4.83. The van der Waals surface area contributed by atoms with Crippen LogP contribution in [0.2, 0.25) is 0 Å². The minimum atomic E-state index is -0.758. The molecule has 1 aliphatic carbocycles. The van der Waals surface area contributed by atoms with Gasteiger partial charge in [-0.05, 0) is 52.9 Å². The van der Waals surface area contributed by atoms with Gasteiger partial charge < -0.3 is 10.4 Å². The summed E-state index contributed by atoms with van der Waals surface area (Å²) in [6.45, 7) is 0.415. The lowest BCUT2D eigenvalue weighted by molar-refractivity contribution is -0.142. The Kier molecular flexibility index (Phi) is 5.21. The van der Waals surface area contributed by atoms with Crippen LogP contribution in [0, 0.1) is 11.8 Å². The van der Waals surface area contributed by atoms with Gasteiger partial charge in [0.1, 0.15) is 0 Å². The lowest BCUT2D eigenvalue weighted by Gasteiger charge is -2.16. The molecule has 0 heterocycles. The molecule has 2 rings (SSSR count). The number of benzene rings is 1. The number of hydrogen-bond donors (Lipinski definition) is 2. The second-order valence-corrected chi connectivity index (χ2v) is 6.74. The highest BCUT2D eigenvalue weighted by molar-refractivity contribution is 9.11. The zero-order valence-electron chi connectivity index (χ0n) is 10.7. The molecule has 2 N–H and O–H groups in total. The first-order valence-electron chi connectivity index (χ1n) is 6.45. The van der Waals surface area contributed by atoms with Crippen LogP contribution in [0.1, 0.15) is 29.6 Å². The maximum atomic E-state index is 12.1. The molecule has 4 nitrogen and oxygen atoms in total. The molecule has 0 radical (unpaired) electrons. The number of carbonyl (C=O) groups is 2. The van der Waals surface area contributed by atoms with Crippen molar-refractivity contribution in [2.24, 2.45) is 11.8 Å². The van der Waals surface area contributed by atoms with E-state index in [0.717, 1.165) is 17.3 Å². The predicted octanol–water partition coefficient (Wildman–Crippen LogP) is 3.44. The van der Waals surface area contributed by atoms with Gasteiger partial charge in [-0.3, -0.25) is 9.59 Å². The maximum absolute atomic E-state index is 12.1. The van der Waals surface area contributed by atoms with Gasteiger partial charge in [0, 0.05) is 15.5 Å². The van der Waals surface area contributed by atoms with Gasteiger partial charge in [-0.25, -0.2) is 0 Å². The number of carbonyl (C=O) groups excluding carboxylic acids is 1. The summed E-state index contributed by atoms with van der Waals surface area (Å²) in [7, 11) is 0. The second-order valence-electron chi connectivity index (χ2n) is 4.97. The summed E-state index contributed by atoms with van der Waals surface area (Å²) in [5.74, 6) is -1.23. The van der Waals surface area contributed by atoms with E-state index >= 15 is 0 Å². The van der Waals surface area contributed by atoms with E-state index in [-0.39, 0.29) is 17.7 Å². The van der Waals surface area contributed by atoms with E-state index < -0.39 is 5.97 Å². The molecule has 2 atom stereocenters. The number of carboxylic acids is 1.